The van der Waals surface area contributed by atoms with Crippen LogP contribution < -0.4 is 11.0 Å². The van der Waals surface area contributed by atoms with Gasteiger partial charge < -0.3 is 4.90 Å². The molecule has 1 heterocycles. The van der Waals surface area contributed by atoms with Crippen molar-refractivity contribution in [3.8, 4) is 0 Å². The summed E-state index contributed by atoms with van der Waals surface area (Å²) in [5.74, 6) is 0. The topological polar surface area (TPSA) is 54.5 Å². The predicted octanol–water partition coefficient (Wildman–Crippen LogP) is 3.31. The molecule has 0 saturated carbocycles. The Hall–Kier alpha value is -2.21. The van der Waals surface area contributed by atoms with Crippen molar-refractivity contribution < 1.29 is 4.84 Å². The van der Waals surface area contributed by atoms with Crippen molar-refractivity contribution in [3.63, 3.8) is 0 Å². The zero-order valence-corrected chi connectivity index (χ0v) is 14.3. The monoisotopic (exact) mass is 343 g/mol. The molecule has 1 N–H and O–H groups in total. The maximum Gasteiger partial charge on any atom is 0.278 e. The number of hydrogen-bond donors (Lipinski definition) is 1. The van der Waals surface area contributed by atoms with E-state index in [1.165, 1.54) is 0 Å². The first-order valence-electron chi connectivity index (χ1n) is 7.61. The number of halogens is 1. The summed E-state index contributed by atoms with van der Waals surface area (Å²) in [4.78, 5) is 24.3. The van der Waals surface area contributed by atoms with E-state index in [9.17, 15) is 4.79 Å². The molecule has 0 fully saturated rings. The SMILES string of the molecule is CN(C)CCONc1c2cc(Cl)ccc2nc(=O)c2ccccc12. The third-order valence-corrected chi connectivity index (χ3v) is 3.93. The lowest BCUT2D eigenvalue weighted by Crippen LogP contribution is -2.19. The molecule has 0 amide bonds. The van der Waals surface area contributed by atoms with Crippen molar-refractivity contribution in [2.24, 2.45) is 0 Å². The Morgan fingerprint density at radius 3 is 2.62 bits per heavy atom. The van der Waals surface area contributed by atoms with Gasteiger partial charge in [0.2, 0.25) is 0 Å². The fourth-order valence-corrected chi connectivity index (χ4v) is 2.64. The van der Waals surface area contributed by atoms with Crippen LogP contribution in [-0.4, -0.2) is 37.1 Å². The molecular weight excluding hydrogens is 326 g/mol. The molecule has 0 radical (unpaired) electrons. The molecule has 0 bridgehead atoms. The normalized spacial score (nSPS) is 11.3. The Morgan fingerprint density at radius 2 is 1.88 bits per heavy atom. The van der Waals surface area contributed by atoms with E-state index in [1.54, 1.807) is 24.3 Å². The lowest BCUT2D eigenvalue weighted by Gasteiger charge is -2.12. The highest BCUT2D eigenvalue weighted by Gasteiger charge is 2.10. The summed E-state index contributed by atoms with van der Waals surface area (Å²) in [6, 6.07) is 12.6. The minimum Gasteiger partial charge on any atom is -0.307 e. The van der Waals surface area contributed by atoms with Gasteiger partial charge in [-0.25, -0.2) is 4.98 Å². The molecule has 24 heavy (non-hydrogen) atoms. The van der Waals surface area contributed by atoms with E-state index in [1.807, 2.05) is 37.2 Å². The van der Waals surface area contributed by atoms with Gasteiger partial charge in [-0.1, -0.05) is 29.8 Å². The van der Waals surface area contributed by atoms with Crippen LogP contribution in [-0.2, 0) is 4.84 Å². The number of aromatic nitrogens is 1. The van der Waals surface area contributed by atoms with Crippen LogP contribution in [0, 0.1) is 0 Å². The number of hydrogen-bond acceptors (Lipinski definition) is 5. The summed E-state index contributed by atoms with van der Waals surface area (Å²) in [5, 5.41) is 2.59. The van der Waals surface area contributed by atoms with Crippen LogP contribution in [0.5, 0.6) is 0 Å². The van der Waals surface area contributed by atoms with Crippen molar-refractivity contribution in [3.05, 3.63) is 57.8 Å². The summed E-state index contributed by atoms with van der Waals surface area (Å²) in [5.41, 5.74) is 3.98. The maximum atomic E-state index is 12.4. The zero-order chi connectivity index (χ0) is 17.1. The standard InChI is InChI=1S/C18H18ClN3O2/c1-22(2)9-10-24-21-17-13-5-3-4-6-14(13)18(23)20-16-8-7-12(19)11-15(16)17/h3-8,11,21H,9-10H2,1-2H3. The van der Waals surface area contributed by atoms with Crippen LogP contribution in [0.3, 0.4) is 0 Å². The summed E-state index contributed by atoms with van der Waals surface area (Å²) >= 11 is 6.15. The van der Waals surface area contributed by atoms with Gasteiger partial charge in [0.25, 0.3) is 5.56 Å². The summed E-state index contributed by atoms with van der Waals surface area (Å²) in [6.45, 7) is 1.27. The lowest BCUT2D eigenvalue weighted by molar-refractivity contribution is 0.169. The van der Waals surface area contributed by atoms with Crippen LogP contribution in [0.15, 0.2) is 47.3 Å². The molecule has 124 valence electrons. The molecule has 3 rings (SSSR count). The van der Waals surface area contributed by atoms with E-state index in [0.29, 0.717) is 28.2 Å². The number of benzene rings is 2. The van der Waals surface area contributed by atoms with Gasteiger partial charge in [-0.05, 0) is 38.4 Å². The second kappa shape index (κ2) is 7.13. The third kappa shape index (κ3) is 3.48. The second-order valence-corrected chi connectivity index (χ2v) is 6.19. The molecule has 0 aliphatic carbocycles. The minimum atomic E-state index is -0.278. The molecule has 6 heteroatoms. The van der Waals surface area contributed by atoms with Crippen LogP contribution in [0.4, 0.5) is 5.69 Å². The molecule has 2 aromatic carbocycles. The number of rotatable bonds is 5. The molecule has 0 atom stereocenters. The summed E-state index contributed by atoms with van der Waals surface area (Å²) in [6.07, 6.45) is 0. The molecule has 0 spiro atoms. The van der Waals surface area contributed by atoms with E-state index < -0.39 is 0 Å². The molecule has 0 saturated heterocycles. The Bertz CT molecular complexity index is 944. The number of nitrogens with zero attached hydrogens (tertiary/aromatic N) is 2. The highest BCUT2D eigenvalue weighted by Crippen LogP contribution is 2.29. The molecule has 0 aliphatic rings. The minimum absolute atomic E-state index is 0.278. The van der Waals surface area contributed by atoms with Crippen LogP contribution in [0.2, 0.25) is 5.02 Å². The van der Waals surface area contributed by atoms with Crippen LogP contribution in [0.25, 0.3) is 21.7 Å². The van der Waals surface area contributed by atoms with Crippen molar-refractivity contribution in [1.82, 2.24) is 9.88 Å². The largest absolute Gasteiger partial charge is 0.307 e. The lowest BCUT2D eigenvalue weighted by atomic mass is 10.1. The molecule has 1 aromatic heterocycles. The van der Waals surface area contributed by atoms with E-state index in [4.69, 9.17) is 16.4 Å². The predicted molar refractivity (Wildman–Crippen MR) is 98.7 cm³/mol. The Balaban J connectivity index is 2.19. The van der Waals surface area contributed by atoms with Gasteiger partial charge in [0.05, 0.1) is 23.2 Å². The number of nitrogens with one attached hydrogen (secondary N) is 1. The number of anilines is 1. The van der Waals surface area contributed by atoms with Gasteiger partial charge in [-0.3, -0.25) is 15.1 Å². The highest BCUT2D eigenvalue weighted by atomic mass is 35.5. The molecule has 3 aromatic rings. The van der Waals surface area contributed by atoms with E-state index in [2.05, 4.69) is 10.5 Å². The Kier molecular flexibility index (Phi) is 4.94. The van der Waals surface area contributed by atoms with Gasteiger partial charge >= 0.3 is 0 Å². The van der Waals surface area contributed by atoms with Gasteiger partial charge in [0.15, 0.2) is 0 Å². The van der Waals surface area contributed by atoms with Crippen molar-refractivity contribution in [2.75, 3.05) is 32.7 Å². The summed E-state index contributed by atoms with van der Waals surface area (Å²) in [7, 11) is 3.95. The average molecular weight is 344 g/mol. The molecule has 0 aliphatic heterocycles. The van der Waals surface area contributed by atoms with Gasteiger partial charge in [-0.2, -0.15) is 0 Å². The fraction of sp³-hybridized carbons (Fsp3) is 0.222. The molecule has 0 unspecified atom stereocenters. The first-order chi connectivity index (χ1) is 11.6. The molecular formula is C18H18ClN3O2. The van der Waals surface area contributed by atoms with E-state index in [-0.39, 0.29) is 5.56 Å². The van der Waals surface area contributed by atoms with Crippen molar-refractivity contribution >= 4 is 39.0 Å². The number of fused-ring (bicyclic) bond motifs is 2. The van der Waals surface area contributed by atoms with Crippen LogP contribution >= 0.6 is 11.6 Å². The maximum absolute atomic E-state index is 12.4. The summed E-state index contributed by atoms with van der Waals surface area (Å²) < 4.78 is 0. The van der Waals surface area contributed by atoms with E-state index >= 15 is 0 Å². The van der Waals surface area contributed by atoms with Crippen molar-refractivity contribution in [1.29, 1.82) is 0 Å². The zero-order valence-electron chi connectivity index (χ0n) is 13.5. The van der Waals surface area contributed by atoms with Gasteiger partial charge in [-0.15, -0.1) is 0 Å². The molecule has 5 nitrogen and oxygen atoms in total. The van der Waals surface area contributed by atoms with Gasteiger partial charge in [0.1, 0.15) is 0 Å². The smallest absolute Gasteiger partial charge is 0.278 e. The first-order valence-corrected chi connectivity index (χ1v) is 7.99. The Labute approximate surface area is 144 Å². The van der Waals surface area contributed by atoms with E-state index in [0.717, 1.165) is 17.3 Å². The van der Waals surface area contributed by atoms with Gasteiger partial charge in [0, 0.05) is 22.3 Å². The highest BCUT2D eigenvalue weighted by molar-refractivity contribution is 6.31. The van der Waals surface area contributed by atoms with Crippen molar-refractivity contribution in [2.45, 2.75) is 0 Å². The van der Waals surface area contributed by atoms with Crippen LogP contribution in [0.1, 0.15) is 0 Å². The first kappa shape index (κ1) is 16.6. The Morgan fingerprint density at radius 1 is 1.12 bits per heavy atom. The second-order valence-electron chi connectivity index (χ2n) is 5.75. The third-order valence-electron chi connectivity index (χ3n) is 3.69. The fourth-order valence-electron chi connectivity index (χ4n) is 2.47. The number of likely N-dealkylation sites (N-methyl/N-ethyl adjacent to an activating group) is 1. The quantitative estimate of drug-likeness (QED) is 0.569. The average Bonchev–Trinajstić information content (AvgIpc) is 2.67.